The molecule has 0 heterocycles. The predicted octanol–water partition coefficient (Wildman–Crippen LogP) is 2.43. The smallest absolute Gasteiger partial charge is 0.00316 e. The Morgan fingerprint density at radius 3 is 1.38 bits per heavy atom. The van der Waals surface area contributed by atoms with Gasteiger partial charge in [-0.2, -0.15) is 0 Å². The van der Waals surface area contributed by atoms with Crippen LogP contribution in [0.1, 0.15) is 0 Å². The van der Waals surface area contributed by atoms with Crippen LogP contribution in [0.25, 0.3) is 0 Å². The van der Waals surface area contributed by atoms with Crippen molar-refractivity contribution in [1.82, 2.24) is 0 Å². The van der Waals surface area contributed by atoms with Crippen molar-refractivity contribution >= 4 is 25.3 Å². The predicted molar refractivity (Wildman–Crippen MR) is 45.4 cm³/mol. The van der Waals surface area contributed by atoms with E-state index in [2.05, 4.69) is 38.4 Å². The van der Waals surface area contributed by atoms with Gasteiger partial charge in [0.15, 0.2) is 0 Å². The first kappa shape index (κ1) is 7.92. The van der Waals surface area contributed by atoms with E-state index in [1.807, 2.05) is 0 Å². The lowest BCUT2D eigenvalue weighted by Gasteiger charge is -1.82. The summed E-state index contributed by atoms with van der Waals surface area (Å²) in [5.41, 5.74) is 0. The third-order valence-electron chi connectivity index (χ3n) is 0.468. The standard InChI is InChI=1S/C6H8S2/c1-5(7)3-4-6(2)8/h3-4,7-8H,1-2H2/b4-3+. The highest BCUT2D eigenvalue weighted by Gasteiger charge is 1.74. The first-order valence-electron chi connectivity index (χ1n) is 2.07. The van der Waals surface area contributed by atoms with Crippen molar-refractivity contribution < 1.29 is 0 Å². The first-order chi connectivity index (χ1) is 3.63. The van der Waals surface area contributed by atoms with E-state index in [0.717, 1.165) is 0 Å². The monoisotopic (exact) mass is 144 g/mol. The van der Waals surface area contributed by atoms with Crippen LogP contribution in [-0.2, 0) is 0 Å². The number of allylic oxidation sites excluding steroid dienone is 2. The fourth-order valence-corrected chi connectivity index (χ4v) is 0.341. The van der Waals surface area contributed by atoms with Gasteiger partial charge in [0.2, 0.25) is 0 Å². The van der Waals surface area contributed by atoms with Gasteiger partial charge < -0.3 is 0 Å². The first-order valence-corrected chi connectivity index (χ1v) is 2.96. The summed E-state index contributed by atoms with van der Waals surface area (Å²) in [5, 5.41) is 0. The van der Waals surface area contributed by atoms with Crippen LogP contribution in [0.5, 0.6) is 0 Å². The minimum Gasteiger partial charge on any atom is -0.144 e. The molecule has 0 aliphatic rings. The van der Waals surface area contributed by atoms with Crippen molar-refractivity contribution in [2.45, 2.75) is 0 Å². The lowest BCUT2D eigenvalue weighted by atomic mass is 10.5. The van der Waals surface area contributed by atoms with Crippen LogP contribution >= 0.6 is 25.3 Å². The van der Waals surface area contributed by atoms with E-state index in [4.69, 9.17) is 0 Å². The molecular weight excluding hydrogens is 136 g/mol. The van der Waals surface area contributed by atoms with Gasteiger partial charge in [0, 0.05) is 0 Å². The van der Waals surface area contributed by atoms with E-state index in [1.165, 1.54) is 0 Å². The maximum Gasteiger partial charge on any atom is -0.00316 e. The van der Waals surface area contributed by atoms with Gasteiger partial charge in [-0.05, 0) is 22.0 Å². The number of rotatable bonds is 2. The van der Waals surface area contributed by atoms with E-state index < -0.39 is 0 Å². The second-order valence-electron chi connectivity index (χ2n) is 1.32. The Hall–Kier alpha value is -0.0800. The van der Waals surface area contributed by atoms with Crippen LogP contribution in [0.15, 0.2) is 35.1 Å². The summed E-state index contributed by atoms with van der Waals surface area (Å²) >= 11 is 7.83. The Kier molecular flexibility index (Phi) is 3.83. The van der Waals surface area contributed by atoms with Gasteiger partial charge in [0.05, 0.1) is 0 Å². The van der Waals surface area contributed by atoms with Crippen LogP contribution in [-0.4, -0.2) is 0 Å². The highest BCUT2D eigenvalue weighted by Crippen LogP contribution is 2.02. The van der Waals surface area contributed by atoms with Gasteiger partial charge in [-0.15, -0.1) is 25.3 Å². The van der Waals surface area contributed by atoms with Gasteiger partial charge in [-0.3, -0.25) is 0 Å². The van der Waals surface area contributed by atoms with Gasteiger partial charge in [-0.1, -0.05) is 13.2 Å². The van der Waals surface area contributed by atoms with E-state index in [0.29, 0.717) is 9.81 Å². The molecule has 0 spiro atoms. The van der Waals surface area contributed by atoms with Crippen molar-refractivity contribution in [2.75, 3.05) is 0 Å². The Morgan fingerprint density at radius 2 is 1.25 bits per heavy atom. The van der Waals surface area contributed by atoms with Crippen molar-refractivity contribution in [1.29, 1.82) is 0 Å². The summed E-state index contributed by atoms with van der Waals surface area (Å²) in [6.45, 7) is 7.06. The van der Waals surface area contributed by atoms with Crippen molar-refractivity contribution in [3.8, 4) is 0 Å². The fourth-order valence-electron chi connectivity index (χ4n) is 0.192. The molecule has 0 nitrogen and oxygen atoms in total. The Bertz CT molecular complexity index is 117. The molecule has 0 aromatic carbocycles. The third kappa shape index (κ3) is 5.92. The molecule has 0 saturated heterocycles. The minimum absolute atomic E-state index is 0.709. The lowest BCUT2D eigenvalue weighted by molar-refractivity contribution is 1.91. The molecule has 2 heteroatoms. The maximum atomic E-state index is 3.92. The molecule has 44 valence electrons. The number of hydrogen-bond donors (Lipinski definition) is 2. The third-order valence-corrected chi connectivity index (χ3v) is 0.766. The molecule has 0 aliphatic carbocycles. The molecule has 0 aromatic rings. The quantitative estimate of drug-likeness (QED) is 0.431. The second kappa shape index (κ2) is 3.87. The molecule has 0 rings (SSSR count). The van der Waals surface area contributed by atoms with E-state index in [1.54, 1.807) is 12.2 Å². The maximum absolute atomic E-state index is 3.92. The summed E-state index contributed by atoms with van der Waals surface area (Å²) in [4.78, 5) is 1.42. The molecule has 0 aromatic heterocycles. The average molecular weight is 144 g/mol. The highest BCUT2D eigenvalue weighted by atomic mass is 32.1. The Morgan fingerprint density at radius 1 is 1.00 bits per heavy atom. The molecule has 0 aliphatic heterocycles. The molecule has 0 saturated carbocycles. The normalized spacial score (nSPS) is 9.75. The van der Waals surface area contributed by atoms with Crippen LogP contribution in [0, 0.1) is 0 Å². The minimum atomic E-state index is 0.709. The summed E-state index contributed by atoms with van der Waals surface area (Å²) in [5.74, 6) is 0. The SMILES string of the molecule is C=C(S)/C=C/C(=C)S. The molecule has 0 N–H and O–H groups in total. The van der Waals surface area contributed by atoms with Gasteiger partial charge in [-0.25, -0.2) is 0 Å². The van der Waals surface area contributed by atoms with Crippen LogP contribution in [0.3, 0.4) is 0 Å². The molecule has 0 bridgehead atoms. The number of thiol groups is 2. The van der Waals surface area contributed by atoms with Gasteiger partial charge in [0.25, 0.3) is 0 Å². The Balaban J connectivity index is 3.67. The zero-order valence-corrected chi connectivity index (χ0v) is 6.25. The molecule has 8 heavy (non-hydrogen) atoms. The van der Waals surface area contributed by atoms with Crippen LogP contribution < -0.4 is 0 Å². The molecule has 0 atom stereocenters. The van der Waals surface area contributed by atoms with Crippen molar-refractivity contribution in [3.63, 3.8) is 0 Å². The van der Waals surface area contributed by atoms with Gasteiger partial charge in [0.1, 0.15) is 0 Å². The zero-order valence-electron chi connectivity index (χ0n) is 4.46. The van der Waals surface area contributed by atoms with E-state index in [9.17, 15) is 0 Å². The summed E-state index contributed by atoms with van der Waals surface area (Å²) in [6, 6.07) is 0. The van der Waals surface area contributed by atoms with E-state index >= 15 is 0 Å². The molecule has 0 amide bonds. The molecule has 0 radical (unpaired) electrons. The Labute approximate surface area is 60.8 Å². The molecular formula is C6H8S2. The average Bonchev–Trinajstić information content (AvgIpc) is 1.61. The van der Waals surface area contributed by atoms with Crippen LogP contribution in [0.2, 0.25) is 0 Å². The zero-order chi connectivity index (χ0) is 6.57. The summed E-state index contributed by atoms with van der Waals surface area (Å²) in [6.07, 6.45) is 3.47. The van der Waals surface area contributed by atoms with E-state index in [-0.39, 0.29) is 0 Å². The largest absolute Gasteiger partial charge is 0.144 e. The number of hydrogen-bond acceptors (Lipinski definition) is 2. The summed E-state index contributed by atoms with van der Waals surface area (Å²) in [7, 11) is 0. The lowest BCUT2D eigenvalue weighted by Crippen LogP contribution is -1.57. The summed E-state index contributed by atoms with van der Waals surface area (Å²) < 4.78 is 0. The van der Waals surface area contributed by atoms with Crippen LogP contribution in [0.4, 0.5) is 0 Å². The molecule has 0 fully saturated rings. The highest BCUT2D eigenvalue weighted by molar-refractivity contribution is 7.85. The van der Waals surface area contributed by atoms with Crippen molar-refractivity contribution in [2.24, 2.45) is 0 Å². The van der Waals surface area contributed by atoms with Gasteiger partial charge >= 0.3 is 0 Å². The topological polar surface area (TPSA) is 0 Å². The van der Waals surface area contributed by atoms with Crippen molar-refractivity contribution in [3.05, 3.63) is 35.1 Å². The fraction of sp³-hybridized carbons (Fsp3) is 0. The second-order valence-corrected chi connectivity index (χ2v) is 2.46. The molecule has 0 unspecified atom stereocenters.